The zero-order valence-electron chi connectivity index (χ0n) is 14.6. The first-order chi connectivity index (χ1) is 13.0. The van der Waals surface area contributed by atoms with Crippen LogP contribution in [0.3, 0.4) is 0 Å². The van der Waals surface area contributed by atoms with Gasteiger partial charge in [0, 0.05) is 23.2 Å². The number of fused-ring (bicyclic) bond motifs is 1. The molecule has 2 atom stereocenters. The fourth-order valence-corrected chi connectivity index (χ4v) is 3.40. The normalized spacial score (nSPS) is 15.6. The molecule has 0 aliphatic carbocycles. The highest BCUT2D eigenvalue weighted by Gasteiger charge is 2.34. The number of hydrogen-bond acceptors (Lipinski definition) is 4. The summed E-state index contributed by atoms with van der Waals surface area (Å²) in [6, 6.07) is 15.3. The standard InChI is InChI=1S/C20H21IN2O4/c21-16-7-5-13(6-8-16)11-22-19(26)17(24)18(25)20(27)23-10-9-14-3-1-2-4-15(14)12-23/h1-8,17-18,24-25H,9-12H2,(H,22,26). The van der Waals surface area contributed by atoms with Gasteiger partial charge in [-0.1, -0.05) is 36.4 Å². The van der Waals surface area contributed by atoms with Gasteiger partial charge in [-0.25, -0.2) is 0 Å². The molecule has 2 aromatic carbocycles. The fourth-order valence-electron chi connectivity index (χ4n) is 3.05. The Kier molecular flexibility index (Phi) is 6.46. The topological polar surface area (TPSA) is 89.9 Å². The molecule has 0 saturated heterocycles. The quantitative estimate of drug-likeness (QED) is 0.562. The Morgan fingerprint density at radius 1 is 1.04 bits per heavy atom. The number of rotatable bonds is 5. The van der Waals surface area contributed by atoms with Gasteiger partial charge in [0.15, 0.2) is 12.2 Å². The van der Waals surface area contributed by atoms with Crippen LogP contribution in [0.15, 0.2) is 48.5 Å². The molecule has 0 radical (unpaired) electrons. The Hall–Kier alpha value is -1.97. The third-order valence-corrected chi connectivity index (χ3v) is 5.36. The number of halogens is 1. The van der Waals surface area contributed by atoms with Crippen LogP contribution >= 0.6 is 22.6 Å². The predicted molar refractivity (Wildman–Crippen MR) is 109 cm³/mol. The van der Waals surface area contributed by atoms with Gasteiger partial charge in [-0.3, -0.25) is 9.59 Å². The molecule has 2 aromatic rings. The van der Waals surface area contributed by atoms with Crippen molar-refractivity contribution in [3.8, 4) is 0 Å². The molecule has 2 amide bonds. The molecule has 6 nitrogen and oxygen atoms in total. The van der Waals surface area contributed by atoms with Crippen molar-refractivity contribution in [2.45, 2.75) is 31.7 Å². The lowest BCUT2D eigenvalue weighted by molar-refractivity contribution is -0.153. The number of carbonyl (C=O) groups excluding carboxylic acids is 2. The number of carbonyl (C=O) groups is 2. The number of nitrogens with one attached hydrogen (secondary N) is 1. The van der Waals surface area contributed by atoms with Crippen LogP contribution in [0.25, 0.3) is 0 Å². The molecule has 0 saturated carbocycles. The average molecular weight is 480 g/mol. The van der Waals surface area contributed by atoms with Gasteiger partial charge < -0.3 is 20.4 Å². The van der Waals surface area contributed by atoms with Crippen molar-refractivity contribution in [1.29, 1.82) is 0 Å². The van der Waals surface area contributed by atoms with Gasteiger partial charge in [-0.05, 0) is 57.8 Å². The Morgan fingerprint density at radius 2 is 1.70 bits per heavy atom. The number of aliphatic hydroxyl groups is 2. The van der Waals surface area contributed by atoms with Gasteiger partial charge >= 0.3 is 0 Å². The molecule has 2 unspecified atom stereocenters. The molecular weight excluding hydrogens is 459 g/mol. The number of aliphatic hydroxyl groups excluding tert-OH is 2. The molecular formula is C20H21IN2O4. The second kappa shape index (κ2) is 8.81. The maximum Gasteiger partial charge on any atom is 0.255 e. The molecule has 1 heterocycles. The van der Waals surface area contributed by atoms with E-state index in [1.54, 1.807) is 0 Å². The van der Waals surface area contributed by atoms with Crippen molar-refractivity contribution >= 4 is 34.4 Å². The van der Waals surface area contributed by atoms with E-state index >= 15 is 0 Å². The van der Waals surface area contributed by atoms with Crippen LogP contribution in [0.4, 0.5) is 0 Å². The van der Waals surface area contributed by atoms with Crippen molar-refractivity contribution in [3.05, 3.63) is 68.8 Å². The summed E-state index contributed by atoms with van der Waals surface area (Å²) in [5.41, 5.74) is 3.05. The largest absolute Gasteiger partial charge is 0.380 e. The van der Waals surface area contributed by atoms with Crippen molar-refractivity contribution in [3.63, 3.8) is 0 Å². The van der Waals surface area contributed by atoms with Crippen molar-refractivity contribution in [2.75, 3.05) is 6.54 Å². The van der Waals surface area contributed by atoms with Crippen molar-refractivity contribution in [1.82, 2.24) is 10.2 Å². The molecule has 0 aromatic heterocycles. The Morgan fingerprint density at radius 3 is 2.41 bits per heavy atom. The van der Waals surface area contributed by atoms with E-state index in [1.165, 1.54) is 10.5 Å². The predicted octanol–water partition coefficient (Wildman–Crippen LogP) is 1.21. The maximum absolute atomic E-state index is 12.5. The molecule has 0 fully saturated rings. The summed E-state index contributed by atoms with van der Waals surface area (Å²) < 4.78 is 1.08. The first kappa shape index (κ1) is 19.8. The molecule has 3 rings (SSSR count). The Bertz CT molecular complexity index is 825. The third-order valence-electron chi connectivity index (χ3n) is 4.64. The zero-order chi connectivity index (χ0) is 19.4. The number of amides is 2. The summed E-state index contributed by atoms with van der Waals surface area (Å²) in [5, 5.41) is 22.8. The van der Waals surface area contributed by atoms with Crippen molar-refractivity contribution < 1.29 is 19.8 Å². The summed E-state index contributed by atoms with van der Waals surface area (Å²) in [6.07, 6.45) is -2.91. The molecule has 0 spiro atoms. The molecule has 142 valence electrons. The molecule has 27 heavy (non-hydrogen) atoms. The van der Waals surface area contributed by atoms with Crippen LogP contribution in [0, 0.1) is 3.57 Å². The molecule has 0 bridgehead atoms. The smallest absolute Gasteiger partial charge is 0.255 e. The summed E-state index contributed by atoms with van der Waals surface area (Å²) in [4.78, 5) is 26.1. The van der Waals surface area contributed by atoms with Gasteiger partial charge in [0.1, 0.15) is 0 Å². The highest BCUT2D eigenvalue weighted by molar-refractivity contribution is 14.1. The zero-order valence-corrected chi connectivity index (χ0v) is 16.8. The lowest BCUT2D eigenvalue weighted by Gasteiger charge is -2.31. The molecule has 7 heteroatoms. The first-order valence-corrected chi connectivity index (χ1v) is 9.77. The highest BCUT2D eigenvalue weighted by Crippen LogP contribution is 2.19. The highest BCUT2D eigenvalue weighted by atomic mass is 127. The summed E-state index contributed by atoms with van der Waals surface area (Å²) >= 11 is 2.18. The second-order valence-corrected chi connectivity index (χ2v) is 7.76. The van der Waals surface area contributed by atoms with Gasteiger partial charge in [-0.15, -0.1) is 0 Å². The number of nitrogens with zero attached hydrogens (tertiary/aromatic N) is 1. The van der Waals surface area contributed by atoms with Gasteiger partial charge in [0.2, 0.25) is 0 Å². The van der Waals surface area contributed by atoms with E-state index in [9.17, 15) is 19.8 Å². The summed E-state index contributed by atoms with van der Waals surface area (Å²) in [7, 11) is 0. The minimum Gasteiger partial charge on any atom is -0.380 e. The minimum absolute atomic E-state index is 0.213. The van der Waals surface area contributed by atoms with Crippen LogP contribution in [-0.4, -0.2) is 45.7 Å². The van der Waals surface area contributed by atoms with Gasteiger partial charge in [0.25, 0.3) is 11.8 Å². The van der Waals surface area contributed by atoms with Crippen LogP contribution in [-0.2, 0) is 29.1 Å². The maximum atomic E-state index is 12.5. The summed E-state index contributed by atoms with van der Waals surface area (Å²) in [5.74, 6) is -1.41. The Balaban J connectivity index is 1.56. The number of hydrogen-bond donors (Lipinski definition) is 3. The summed E-state index contributed by atoms with van der Waals surface area (Å²) in [6.45, 7) is 1.03. The third kappa shape index (κ3) is 4.85. The van der Waals surface area contributed by atoms with E-state index < -0.39 is 24.0 Å². The van der Waals surface area contributed by atoms with Crippen LogP contribution in [0.5, 0.6) is 0 Å². The molecule has 1 aliphatic rings. The average Bonchev–Trinajstić information content (AvgIpc) is 2.71. The van der Waals surface area contributed by atoms with Crippen LogP contribution in [0.2, 0.25) is 0 Å². The van der Waals surface area contributed by atoms with E-state index in [1.807, 2.05) is 48.5 Å². The van der Waals surface area contributed by atoms with E-state index in [0.717, 1.165) is 14.7 Å². The minimum atomic E-state index is -1.81. The lowest BCUT2D eigenvalue weighted by atomic mass is 9.99. The SMILES string of the molecule is O=C(NCc1ccc(I)cc1)C(O)C(O)C(=O)N1CCc2ccccc2C1. The fraction of sp³-hybridized carbons (Fsp3) is 0.300. The van der Waals surface area contributed by atoms with E-state index in [-0.39, 0.29) is 6.54 Å². The number of benzene rings is 2. The van der Waals surface area contributed by atoms with Crippen LogP contribution in [0.1, 0.15) is 16.7 Å². The molecule has 1 aliphatic heterocycles. The van der Waals surface area contributed by atoms with Gasteiger partial charge in [-0.2, -0.15) is 0 Å². The first-order valence-electron chi connectivity index (χ1n) is 8.69. The molecule has 3 N–H and O–H groups in total. The second-order valence-electron chi connectivity index (χ2n) is 6.51. The van der Waals surface area contributed by atoms with Crippen molar-refractivity contribution in [2.24, 2.45) is 0 Å². The lowest BCUT2D eigenvalue weighted by Crippen LogP contribution is -2.51. The van der Waals surface area contributed by atoms with E-state index in [4.69, 9.17) is 0 Å². The van der Waals surface area contributed by atoms with Crippen LogP contribution < -0.4 is 5.32 Å². The van der Waals surface area contributed by atoms with E-state index in [2.05, 4.69) is 27.9 Å². The Labute approximate surface area is 171 Å². The van der Waals surface area contributed by atoms with E-state index in [0.29, 0.717) is 19.5 Å². The van der Waals surface area contributed by atoms with Gasteiger partial charge in [0.05, 0.1) is 0 Å². The monoisotopic (exact) mass is 480 g/mol.